The highest BCUT2D eigenvalue weighted by atomic mass is 19.1. The number of aromatic nitrogens is 1. The zero-order valence-corrected chi connectivity index (χ0v) is 23.5. The maximum atomic E-state index is 13.7. The second-order valence-corrected chi connectivity index (χ2v) is 10.5. The van der Waals surface area contributed by atoms with Gasteiger partial charge in [-0.3, -0.25) is 19.5 Å². The van der Waals surface area contributed by atoms with Crippen molar-refractivity contribution in [2.45, 2.75) is 18.8 Å². The van der Waals surface area contributed by atoms with Crippen molar-refractivity contribution in [1.82, 2.24) is 15.2 Å². The van der Waals surface area contributed by atoms with Crippen molar-refractivity contribution in [3.8, 4) is 11.3 Å². The van der Waals surface area contributed by atoms with Gasteiger partial charge in [-0.25, -0.2) is 8.78 Å². The van der Waals surface area contributed by atoms with Crippen molar-refractivity contribution in [3.63, 3.8) is 0 Å². The van der Waals surface area contributed by atoms with Gasteiger partial charge >= 0.3 is 0 Å². The van der Waals surface area contributed by atoms with Gasteiger partial charge < -0.3 is 19.6 Å². The first-order valence-corrected chi connectivity index (χ1v) is 13.7. The highest BCUT2D eigenvalue weighted by Gasteiger charge is 2.31. The molecule has 0 radical (unpaired) electrons. The van der Waals surface area contributed by atoms with Crippen LogP contribution >= 0.6 is 0 Å². The zero-order valence-electron chi connectivity index (χ0n) is 23.5. The lowest BCUT2D eigenvalue weighted by Crippen LogP contribution is -2.39. The number of fused-ring (bicyclic) bond motifs is 2. The smallest absolute Gasteiger partial charge is 0.270 e. The van der Waals surface area contributed by atoms with E-state index >= 15 is 0 Å². The standard InChI is InChI=1S/C32H30F2N4O4/c1-35-31(39)29-24-15-23(27(37(2)41-3)16-28(24)42-30(29)18-6-8-21(33)9-7-18)19-5-4-12-38(17-19)32(40)26-14-20-13-22(34)10-11-25(20)36-26/h6-11,13-16,19,36H,4-5,12,17H2,1-3H3,(H,35,39)/t19-/m0/s1. The van der Waals surface area contributed by atoms with Crippen LogP contribution < -0.4 is 10.4 Å². The predicted molar refractivity (Wildman–Crippen MR) is 157 cm³/mol. The van der Waals surface area contributed by atoms with Crippen LogP contribution in [0.1, 0.15) is 45.2 Å². The molecular formula is C32H30F2N4O4. The van der Waals surface area contributed by atoms with E-state index in [4.69, 9.17) is 9.25 Å². The van der Waals surface area contributed by atoms with Gasteiger partial charge in [0.2, 0.25) is 0 Å². The van der Waals surface area contributed by atoms with Crippen LogP contribution in [0.4, 0.5) is 14.5 Å². The summed E-state index contributed by atoms with van der Waals surface area (Å²) in [5.41, 5.74) is 4.14. The van der Waals surface area contributed by atoms with E-state index in [1.54, 1.807) is 55.4 Å². The molecule has 1 atom stereocenters. The topological polar surface area (TPSA) is 90.8 Å². The van der Waals surface area contributed by atoms with E-state index in [2.05, 4.69) is 10.3 Å². The first-order valence-electron chi connectivity index (χ1n) is 13.7. The molecule has 1 aliphatic rings. The average Bonchev–Trinajstić information content (AvgIpc) is 3.60. The summed E-state index contributed by atoms with van der Waals surface area (Å²) in [6.45, 7) is 1.03. The van der Waals surface area contributed by atoms with Gasteiger partial charge in [-0.15, -0.1) is 0 Å². The molecule has 1 aliphatic heterocycles. The van der Waals surface area contributed by atoms with E-state index in [-0.39, 0.29) is 23.5 Å². The minimum absolute atomic E-state index is 0.0665. The third kappa shape index (κ3) is 4.87. The molecule has 0 saturated carbocycles. The van der Waals surface area contributed by atoms with Crippen molar-refractivity contribution < 1.29 is 27.6 Å². The quantitative estimate of drug-likeness (QED) is 0.235. The van der Waals surface area contributed by atoms with Gasteiger partial charge in [0.05, 0.1) is 18.4 Å². The van der Waals surface area contributed by atoms with Crippen molar-refractivity contribution in [3.05, 3.63) is 89.1 Å². The number of nitrogens with one attached hydrogen (secondary N) is 2. The lowest BCUT2D eigenvalue weighted by Gasteiger charge is -2.34. The number of piperidine rings is 1. The molecule has 0 unspecified atom stereocenters. The number of H-pyrrole nitrogens is 1. The Labute approximate surface area is 240 Å². The summed E-state index contributed by atoms with van der Waals surface area (Å²) < 4.78 is 33.6. The molecule has 216 valence electrons. The fraction of sp³-hybridized carbons (Fsp3) is 0.250. The molecule has 0 spiro atoms. The van der Waals surface area contributed by atoms with E-state index < -0.39 is 5.82 Å². The number of hydroxylamine groups is 1. The van der Waals surface area contributed by atoms with Crippen LogP contribution in [-0.4, -0.2) is 56.0 Å². The minimum Gasteiger partial charge on any atom is -0.455 e. The van der Waals surface area contributed by atoms with Crippen LogP contribution in [0, 0.1) is 11.6 Å². The number of halogens is 2. The number of furan rings is 1. The molecule has 2 N–H and O–H groups in total. The Kier molecular flexibility index (Phi) is 7.16. The number of carbonyl (C=O) groups is 2. The Morgan fingerprint density at radius 1 is 1.07 bits per heavy atom. The molecule has 42 heavy (non-hydrogen) atoms. The molecule has 1 saturated heterocycles. The third-order valence-corrected chi connectivity index (χ3v) is 7.97. The van der Waals surface area contributed by atoms with Gasteiger partial charge in [-0.2, -0.15) is 0 Å². The number of rotatable bonds is 6. The summed E-state index contributed by atoms with van der Waals surface area (Å²) >= 11 is 0. The molecule has 5 aromatic rings. The van der Waals surface area contributed by atoms with Crippen LogP contribution in [0.25, 0.3) is 33.2 Å². The normalized spacial score (nSPS) is 15.4. The van der Waals surface area contributed by atoms with E-state index in [1.807, 2.05) is 12.1 Å². The molecule has 2 amide bonds. The van der Waals surface area contributed by atoms with Crippen molar-refractivity contribution in [1.29, 1.82) is 0 Å². The van der Waals surface area contributed by atoms with Gasteiger partial charge in [-0.05, 0) is 73.0 Å². The SMILES string of the molecule is CNC(=O)c1c(-c2ccc(F)cc2)oc2cc(N(C)OC)c([C@H]3CCCN(C(=O)c4cc5cc(F)ccc5[nH]4)C3)cc12. The number of hydrogen-bond donors (Lipinski definition) is 2. The van der Waals surface area contributed by atoms with Gasteiger partial charge in [0.1, 0.15) is 28.7 Å². The molecule has 8 nitrogen and oxygen atoms in total. The molecule has 3 heterocycles. The Morgan fingerprint density at radius 2 is 1.83 bits per heavy atom. The summed E-state index contributed by atoms with van der Waals surface area (Å²) in [6, 6.07) is 15.6. The first kappa shape index (κ1) is 27.5. The number of aromatic amines is 1. The van der Waals surface area contributed by atoms with Gasteiger partial charge in [-0.1, -0.05) is 0 Å². The van der Waals surface area contributed by atoms with Crippen molar-refractivity contribution in [2.75, 3.05) is 39.4 Å². The number of nitrogens with zero attached hydrogens (tertiary/aromatic N) is 2. The van der Waals surface area contributed by atoms with Crippen LogP contribution in [0.3, 0.4) is 0 Å². The van der Waals surface area contributed by atoms with E-state index in [0.717, 1.165) is 24.1 Å². The number of benzene rings is 3. The van der Waals surface area contributed by atoms with Crippen LogP contribution in [-0.2, 0) is 4.84 Å². The summed E-state index contributed by atoms with van der Waals surface area (Å²) in [4.78, 5) is 37.2. The average molecular weight is 573 g/mol. The largest absolute Gasteiger partial charge is 0.455 e. The number of carbonyl (C=O) groups excluding carboxylic acids is 2. The summed E-state index contributed by atoms with van der Waals surface area (Å²) in [5, 5.41) is 5.57. The van der Waals surface area contributed by atoms with Gasteiger partial charge in [0.25, 0.3) is 11.8 Å². The van der Waals surface area contributed by atoms with Gasteiger partial charge in [0.15, 0.2) is 0 Å². The van der Waals surface area contributed by atoms with E-state index in [1.165, 1.54) is 24.3 Å². The molecular weight excluding hydrogens is 542 g/mol. The highest BCUT2D eigenvalue weighted by Crippen LogP contribution is 2.41. The van der Waals surface area contributed by atoms with Crippen LogP contribution in [0.15, 0.2) is 65.1 Å². The van der Waals surface area contributed by atoms with E-state index in [9.17, 15) is 18.4 Å². The maximum Gasteiger partial charge on any atom is 0.270 e. The monoisotopic (exact) mass is 572 g/mol. The van der Waals surface area contributed by atoms with E-state index in [0.29, 0.717) is 57.5 Å². The molecule has 10 heteroatoms. The Hall–Kier alpha value is -4.70. The predicted octanol–water partition coefficient (Wildman–Crippen LogP) is 6.24. The third-order valence-electron chi connectivity index (χ3n) is 7.97. The van der Waals surface area contributed by atoms with Crippen LogP contribution in [0.5, 0.6) is 0 Å². The lowest BCUT2D eigenvalue weighted by atomic mass is 9.88. The number of likely N-dealkylation sites (tertiary alicyclic amines) is 1. The molecule has 1 fully saturated rings. The molecule has 0 aliphatic carbocycles. The number of hydrogen-bond acceptors (Lipinski definition) is 5. The first-order chi connectivity index (χ1) is 20.3. The molecule has 6 rings (SSSR count). The fourth-order valence-electron chi connectivity index (χ4n) is 5.81. The highest BCUT2D eigenvalue weighted by molar-refractivity contribution is 6.11. The van der Waals surface area contributed by atoms with Crippen LogP contribution in [0.2, 0.25) is 0 Å². The summed E-state index contributed by atoms with van der Waals surface area (Å²) in [7, 11) is 4.89. The number of anilines is 1. The molecule has 0 bridgehead atoms. The lowest BCUT2D eigenvalue weighted by molar-refractivity contribution is 0.0701. The van der Waals surface area contributed by atoms with Crippen molar-refractivity contribution in [2.24, 2.45) is 0 Å². The fourth-order valence-corrected chi connectivity index (χ4v) is 5.81. The number of amides is 2. The summed E-state index contributed by atoms with van der Waals surface area (Å²) in [6.07, 6.45) is 1.59. The zero-order chi connectivity index (χ0) is 29.5. The second-order valence-electron chi connectivity index (χ2n) is 10.5. The maximum absolute atomic E-state index is 13.7. The molecule has 2 aromatic heterocycles. The summed E-state index contributed by atoms with van der Waals surface area (Å²) in [5.74, 6) is -0.971. The minimum atomic E-state index is -0.390. The Bertz CT molecular complexity index is 1810. The Morgan fingerprint density at radius 3 is 2.57 bits per heavy atom. The Balaban J connectivity index is 1.41. The molecule has 3 aromatic carbocycles. The second kappa shape index (κ2) is 10.9. The van der Waals surface area contributed by atoms with Gasteiger partial charge in [0, 0.05) is 61.0 Å². The van der Waals surface area contributed by atoms with Crippen molar-refractivity contribution >= 4 is 39.4 Å².